The number of nitrogens with one attached hydrogen (secondary N) is 1. The van der Waals surface area contributed by atoms with Crippen molar-refractivity contribution < 1.29 is 14.3 Å². The quantitative estimate of drug-likeness (QED) is 0.718. The summed E-state index contributed by atoms with van der Waals surface area (Å²) in [7, 11) is 1.62. The van der Waals surface area contributed by atoms with Gasteiger partial charge in [-0.1, -0.05) is 18.2 Å². The van der Waals surface area contributed by atoms with Crippen LogP contribution in [0.25, 0.3) is 0 Å². The van der Waals surface area contributed by atoms with E-state index in [0.29, 0.717) is 25.3 Å². The molecule has 0 aliphatic heterocycles. The highest BCUT2D eigenvalue weighted by molar-refractivity contribution is 5.94. The van der Waals surface area contributed by atoms with Gasteiger partial charge in [-0.25, -0.2) is 0 Å². The van der Waals surface area contributed by atoms with E-state index in [1.165, 1.54) is 0 Å². The van der Waals surface area contributed by atoms with Gasteiger partial charge in [0.05, 0.1) is 13.7 Å². The molecule has 0 atom stereocenters. The van der Waals surface area contributed by atoms with E-state index in [0.717, 1.165) is 23.5 Å². The summed E-state index contributed by atoms with van der Waals surface area (Å²) in [5.74, 6) is 1.43. The zero-order valence-electron chi connectivity index (χ0n) is 13.7. The summed E-state index contributed by atoms with van der Waals surface area (Å²) in [6.45, 7) is 1.56. The summed E-state index contributed by atoms with van der Waals surface area (Å²) in [4.78, 5) is 12.0. The Morgan fingerprint density at radius 3 is 2.50 bits per heavy atom. The summed E-state index contributed by atoms with van der Waals surface area (Å²) in [5.41, 5.74) is 7.18. The molecular formula is C18H23ClN2O3. The lowest BCUT2D eigenvalue weighted by Crippen LogP contribution is -2.25. The third-order valence-electron chi connectivity index (χ3n) is 3.37. The lowest BCUT2D eigenvalue weighted by atomic mass is 10.1. The van der Waals surface area contributed by atoms with Crippen LogP contribution in [0.4, 0.5) is 0 Å². The topological polar surface area (TPSA) is 73.6 Å². The first-order valence-corrected chi connectivity index (χ1v) is 7.57. The number of nitrogens with two attached hydrogens (primary N) is 1. The summed E-state index contributed by atoms with van der Waals surface area (Å²) < 4.78 is 10.8. The zero-order valence-corrected chi connectivity index (χ0v) is 14.5. The molecular weight excluding hydrogens is 328 g/mol. The highest BCUT2D eigenvalue weighted by atomic mass is 35.5. The zero-order chi connectivity index (χ0) is 16.5. The van der Waals surface area contributed by atoms with Gasteiger partial charge in [-0.05, 0) is 36.2 Å². The second-order valence-corrected chi connectivity index (χ2v) is 5.04. The Bertz CT molecular complexity index is 632. The van der Waals surface area contributed by atoms with Crippen LogP contribution < -0.4 is 20.5 Å². The molecule has 3 N–H and O–H groups in total. The minimum atomic E-state index is -0.0880. The Morgan fingerprint density at radius 1 is 1.12 bits per heavy atom. The minimum Gasteiger partial charge on any atom is -0.497 e. The van der Waals surface area contributed by atoms with Crippen molar-refractivity contribution in [2.24, 2.45) is 5.73 Å². The minimum absolute atomic E-state index is 0. The normalized spacial score (nSPS) is 9.75. The maximum absolute atomic E-state index is 12.0. The number of rotatable bonds is 8. The summed E-state index contributed by atoms with van der Waals surface area (Å²) >= 11 is 0. The fourth-order valence-electron chi connectivity index (χ4n) is 2.05. The molecule has 0 spiro atoms. The molecule has 2 aromatic carbocycles. The van der Waals surface area contributed by atoms with Crippen LogP contribution in [0, 0.1) is 0 Å². The molecule has 5 nitrogen and oxygen atoms in total. The molecule has 0 unspecified atom stereocenters. The first kappa shape index (κ1) is 19.8. The van der Waals surface area contributed by atoms with Gasteiger partial charge in [0.25, 0.3) is 5.91 Å². The Labute approximate surface area is 148 Å². The maximum Gasteiger partial charge on any atom is 0.251 e. The molecule has 0 fully saturated rings. The first-order valence-electron chi connectivity index (χ1n) is 7.57. The van der Waals surface area contributed by atoms with Crippen molar-refractivity contribution in [3.8, 4) is 11.5 Å². The molecule has 2 rings (SSSR count). The average Bonchev–Trinajstić information content (AvgIpc) is 2.61. The maximum atomic E-state index is 12.0. The molecule has 0 aliphatic carbocycles. The second kappa shape index (κ2) is 10.5. The Kier molecular flexibility index (Phi) is 8.68. The van der Waals surface area contributed by atoms with E-state index >= 15 is 0 Å². The molecule has 24 heavy (non-hydrogen) atoms. The van der Waals surface area contributed by atoms with E-state index in [1.54, 1.807) is 19.2 Å². The second-order valence-electron chi connectivity index (χ2n) is 5.04. The Hall–Kier alpha value is -2.24. The van der Waals surface area contributed by atoms with E-state index in [4.69, 9.17) is 15.2 Å². The van der Waals surface area contributed by atoms with E-state index in [1.807, 2.05) is 36.4 Å². The molecule has 6 heteroatoms. The molecule has 2 aromatic rings. The molecule has 0 bridgehead atoms. The molecule has 130 valence electrons. The smallest absolute Gasteiger partial charge is 0.251 e. The molecule has 0 saturated carbocycles. The fraction of sp³-hybridized carbons (Fsp3) is 0.278. The van der Waals surface area contributed by atoms with Gasteiger partial charge in [-0.15, -0.1) is 12.4 Å². The number of ether oxygens (including phenoxy) is 2. The van der Waals surface area contributed by atoms with Crippen LogP contribution in [-0.2, 0) is 6.54 Å². The highest BCUT2D eigenvalue weighted by Crippen LogP contribution is 2.18. The van der Waals surface area contributed by atoms with Crippen molar-refractivity contribution >= 4 is 18.3 Å². The van der Waals surface area contributed by atoms with Crippen molar-refractivity contribution in [2.75, 3.05) is 20.3 Å². The van der Waals surface area contributed by atoms with Gasteiger partial charge in [0.15, 0.2) is 0 Å². The monoisotopic (exact) mass is 350 g/mol. The Balaban J connectivity index is 0.00000288. The van der Waals surface area contributed by atoms with Gasteiger partial charge in [0.1, 0.15) is 11.5 Å². The third kappa shape index (κ3) is 6.10. The van der Waals surface area contributed by atoms with Crippen molar-refractivity contribution in [1.29, 1.82) is 0 Å². The predicted molar refractivity (Wildman–Crippen MR) is 97.0 cm³/mol. The number of hydrogen-bond acceptors (Lipinski definition) is 4. The van der Waals surface area contributed by atoms with Gasteiger partial charge in [0, 0.05) is 24.7 Å². The average molecular weight is 351 g/mol. The van der Waals surface area contributed by atoms with Gasteiger partial charge in [-0.3, -0.25) is 4.79 Å². The van der Waals surface area contributed by atoms with Crippen LogP contribution in [0.3, 0.4) is 0 Å². The number of carbonyl (C=O) groups excluding carboxylic acids is 1. The molecule has 0 aliphatic rings. The predicted octanol–water partition coefficient (Wildman–Crippen LogP) is 2.77. The van der Waals surface area contributed by atoms with Gasteiger partial charge in [-0.2, -0.15) is 0 Å². The van der Waals surface area contributed by atoms with Crippen LogP contribution in [0.15, 0.2) is 48.5 Å². The molecule has 0 heterocycles. The van der Waals surface area contributed by atoms with Crippen LogP contribution in [0.1, 0.15) is 22.3 Å². The van der Waals surface area contributed by atoms with Crippen LogP contribution >= 0.6 is 12.4 Å². The van der Waals surface area contributed by atoms with Gasteiger partial charge in [0.2, 0.25) is 0 Å². The van der Waals surface area contributed by atoms with E-state index < -0.39 is 0 Å². The van der Waals surface area contributed by atoms with Crippen molar-refractivity contribution in [1.82, 2.24) is 5.32 Å². The van der Waals surface area contributed by atoms with E-state index in [-0.39, 0.29) is 18.3 Å². The molecule has 1 amide bonds. The summed E-state index contributed by atoms with van der Waals surface area (Å²) in [6.07, 6.45) is 0.726. The lowest BCUT2D eigenvalue weighted by molar-refractivity contribution is 0.0951. The van der Waals surface area contributed by atoms with Crippen molar-refractivity contribution in [2.45, 2.75) is 13.0 Å². The highest BCUT2D eigenvalue weighted by Gasteiger charge is 2.04. The van der Waals surface area contributed by atoms with E-state index in [2.05, 4.69) is 5.32 Å². The van der Waals surface area contributed by atoms with Crippen LogP contribution in [0.2, 0.25) is 0 Å². The number of benzene rings is 2. The number of amides is 1. The lowest BCUT2D eigenvalue weighted by Gasteiger charge is -2.09. The molecule has 0 radical (unpaired) electrons. The van der Waals surface area contributed by atoms with Crippen LogP contribution in [0.5, 0.6) is 11.5 Å². The first-order chi connectivity index (χ1) is 11.2. The number of methoxy groups -OCH3 is 1. The Morgan fingerprint density at radius 2 is 1.83 bits per heavy atom. The molecule has 0 saturated heterocycles. The SMILES string of the molecule is COc1cccc(OCCCNC(=O)c2ccc(CN)cc2)c1.Cl. The van der Waals surface area contributed by atoms with Crippen LogP contribution in [-0.4, -0.2) is 26.2 Å². The fourth-order valence-corrected chi connectivity index (χ4v) is 2.05. The van der Waals surface area contributed by atoms with Gasteiger partial charge < -0.3 is 20.5 Å². The van der Waals surface area contributed by atoms with Crippen molar-refractivity contribution in [3.63, 3.8) is 0 Å². The number of hydrogen-bond donors (Lipinski definition) is 2. The standard InChI is InChI=1S/C18H22N2O3.ClH/c1-22-16-4-2-5-17(12-16)23-11-3-10-20-18(21)15-8-6-14(13-19)7-9-15;/h2,4-9,12H,3,10-11,13,19H2,1H3,(H,20,21);1H. The summed E-state index contributed by atoms with van der Waals surface area (Å²) in [5, 5.41) is 2.87. The van der Waals surface area contributed by atoms with Crippen molar-refractivity contribution in [3.05, 3.63) is 59.7 Å². The van der Waals surface area contributed by atoms with Gasteiger partial charge >= 0.3 is 0 Å². The van der Waals surface area contributed by atoms with E-state index in [9.17, 15) is 4.79 Å². The molecule has 0 aromatic heterocycles. The number of carbonyl (C=O) groups is 1. The largest absolute Gasteiger partial charge is 0.497 e. The summed E-state index contributed by atoms with van der Waals surface area (Å²) in [6, 6.07) is 14.7. The third-order valence-corrected chi connectivity index (χ3v) is 3.37. The number of halogens is 1.